The zero-order valence-corrected chi connectivity index (χ0v) is 18.7. The summed E-state index contributed by atoms with van der Waals surface area (Å²) in [5, 5.41) is 0. The van der Waals surface area contributed by atoms with E-state index in [-0.39, 0.29) is 12.2 Å². The third-order valence-corrected chi connectivity index (χ3v) is 5.57. The summed E-state index contributed by atoms with van der Waals surface area (Å²) in [7, 11) is -0.511. The second kappa shape index (κ2) is 7.43. The van der Waals surface area contributed by atoms with Crippen LogP contribution in [0.5, 0.6) is 6.01 Å². The molecule has 1 atom stereocenters. The van der Waals surface area contributed by atoms with Gasteiger partial charge in [-0.25, -0.2) is 14.8 Å². The molecular formula is C20H32BN3O5. The molecule has 0 aliphatic carbocycles. The lowest BCUT2D eigenvalue weighted by Gasteiger charge is -2.32. The van der Waals surface area contributed by atoms with Crippen molar-refractivity contribution in [2.45, 2.75) is 84.7 Å². The largest absolute Gasteiger partial charge is 0.498 e. The van der Waals surface area contributed by atoms with E-state index in [9.17, 15) is 4.79 Å². The van der Waals surface area contributed by atoms with Crippen LogP contribution in [-0.4, -0.2) is 64.1 Å². The minimum absolute atomic E-state index is 0.162. The fourth-order valence-corrected chi connectivity index (χ4v) is 3.18. The highest BCUT2D eigenvalue weighted by Gasteiger charge is 2.52. The topological polar surface area (TPSA) is 83.0 Å². The summed E-state index contributed by atoms with van der Waals surface area (Å²) in [5.41, 5.74) is 0.176. The first-order valence-electron chi connectivity index (χ1n) is 10.1. The molecule has 0 bridgehead atoms. The molecule has 29 heavy (non-hydrogen) atoms. The number of likely N-dealkylation sites (tertiary alicyclic amines) is 1. The average Bonchev–Trinajstić information content (AvgIpc) is 3.08. The lowest BCUT2D eigenvalue weighted by Crippen LogP contribution is -2.41. The van der Waals surface area contributed by atoms with E-state index in [0.717, 1.165) is 11.2 Å². The fourth-order valence-electron chi connectivity index (χ4n) is 3.18. The predicted octanol–water partition coefficient (Wildman–Crippen LogP) is 2.47. The first-order valence-corrected chi connectivity index (χ1v) is 10.1. The van der Waals surface area contributed by atoms with Crippen molar-refractivity contribution in [1.82, 2.24) is 14.9 Å². The number of nitrogens with zero attached hydrogens (tertiary/aromatic N) is 3. The number of aromatic nitrogens is 2. The Labute approximate surface area is 173 Å². The SMILES string of the molecule is Cc1nc(OC2CCN(C(=O)OC(C)(C)C)C2)ncc1B1OC(C)(C)C(C)(C)O1. The van der Waals surface area contributed by atoms with Crippen LogP contribution in [-0.2, 0) is 14.0 Å². The van der Waals surface area contributed by atoms with Crippen molar-refractivity contribution < 1.29 is 23.6 Å². The van der Waals surface area contributed by atoms with Crippen molar-refractivity contribution in [3.8, 4) is 6.01 Å². The van der Waals surface area contributed by atoms with Gasteiger partial charge in [-0.1, -0.05) is 0 Å². The molecular weight excluding hydrogens is 373 g/mol. The quantitative estimate of drug-likeness (QED) is 0.715. The number of ether oxygens (including phenoxy) is 2. The third-order valence-electron chi connectivity index (χ3n) is 5.57. The van der Waals surface area contributed by atoms with E-state index in [0.29, 0.717) is 25.5 Å². The van der Waals surface area contributed by atoms with Crippen LogP contribution in [0.2, 0.25) is 0 Å². The van der Waals surface area contributed by atoms with E-state index >= 15 is 0 Å². The fraction of sp³-hybridized carbons (Fsp3) is 0.750. The van der Waals surface area contributed by atoms with Crippen LogP contribution in [0.15, 0.2) is 6.20 Å². The van der Waals surface area contributed by atoms with Crippen molar-refractivity contribution in [2.24, 2.45) is 0 Å². The van der Waals surface area contributed by atoms with Crippen molar-refractivity contribution in [3.63, 3.8) is 0 Å². The number of amides is 1. The standard InChI is InChI=1S/C20H32BN3O5/c1-13-15(21-28-19(5,6)20(7,8)29-21)11-22-16(23-13)26-14-9-10-24(12-14)17(25)27-18(2,3)4/h11,14H,9-10,12H2,1-8H3. The van der Waals surface area contributed by atoms with Gasteiger partial charge in [0.1, 0.15) is 11.7 Å². The predicted molar refractivity (Wildman–Crippen MR) is 109 cm³/mol. The smallest absolute Gasteiger partial charge is 0.458 e. The Kier molecular flexibility index (Phi) is 5.60. The Hall–Kier alpha value is -1.87. The summed E-state index contributed by atoms with van der Waals surface area (Å²) in [6.07, 6.45) is 1.92. The molecule has 2 aliphatic heterocycles. The highest BCUT2D eigenvalue weighted by Crippen LogP contribution is 2.36. The van der Waals surface area contributed by atoms with Gasteiger partial charge in [0.25, 0.3) is 0 Å². The monoisotopic (exact) mass is 405 g/mol. The van der Waals surface area contributed by atoms with Crippen LogP contribution < -0.4 is 10.2 Å². The summed E-state index contributed by atoms with van der Waals surface area (Å²) in [5.74, 6) is 0. The molecule has 0 radical (unpaired) electrons. The van der Waals surface area contributed by atoms with Gasteiger partial charge in [-0.05, 0) is 55.4 Å². The van der Waals surface area contributed by atoms with Gasteiger partial charge in [-0.2, -0.15) is 0 Å². The van der Waals surface area contributed by atoms with Gasteiger partial charge in [0, 0.05) is 30.3 Å². The molecule has 8 nitrogen and oxygen atoms in total. The molecule has 1 unspecified atom stereocenters. The molecule has 0 spiro atoms. The number of rotatable bonds is 3. The van der Waals surface area contributed by atoms with E-state index in [1.165, 1.54) is 0 Å². The van der Waals surface area contributed by atoms with Gasteiger partial charge in [-0.3, -0.25) is 0 Å². The summed E-state index contributed by atoms with van der Waals surface area (Å²) in [6.45, 7) is 16.5. The van der Waals surface area contributed by atoms with Crippen LogP contribution in [0, 0.1) is 6.92 Å². The van der Waals surface area contributed by atoms with Gasteiger partial charge < -0.3 is 23.7 Å². The molecule has 9 heteroatoms. The maximum atomic E-state index is 12.2. The molecule has 0 N–H and O–H groups in total. The molecule has 0 saturated carbocycles. The number of carbonyl (C=O) groups excluding carboxylic acids is 1. The van der Waals surface area contributed by atoms with Crippen molar-refractivity contribution in [2.75, 3.05) is 13.1 Å². The number of hydrogen-bond acceptors (Lipinski definition) is 7. The van der Waals surface area contributed by atoms with E-state index in [1.807, 2.05) is 55.4 Å². The van der Waals surface area contributed by atoms with Crippen LogP contribution >= 0.6 is 0 Å². The Morgan fingerprint density at radius 2 is 1.86 bits per heavy atom. The first-order chi connectivity index (χ1) is 13.3. The Bertz CT molecular complexity index is 762. The molecule has 2 saturated heterocycles. The molecule has 2 aliphatic rings. The van der Waals surface area contributed by atoms with Crippen LogP contribution in [0.25, 0.3) is 0 Å². The molecule has 1 aromatic heterocycles. The maximum Gasteiger partial charge on any atom is 0.498 e. The van der Waals surface area contributed by atoms with Crippen LogP contribution in [0.3, 0.4) is 0 Å². The molecule has 1 amide bonds. The molecule has 1 aromatic rings. The van der Waals surface area contributed by atoms with Crippen LogP contribution in [0.4, 0.5) is 4.79 Å². The maximum absolute atomic E-state index is 12.2. The lowest BCUT2D eigenvalue weighted by atomic mass is 9.79. The average molecular weight is 405 g/mol. The summed E-state index contributed by atoms with van der Waals surface area (Å²) < 4.78 is 23.5. The Morgan fingerprint density at radius 3 is 2.41 bits per heavy atom. The number of hydrogen-bond donors (Lipinski definition) is 0. The van der Waals surface area contributed by atoms with E-state index < -0.39 is 23.9 Å². The van der Waals surface area contributed by atoms with Gasteiger partial charge in [0.05, 0.1) is 17.7 Å². The van der Waals surface area contributed by atoms with Gasteiger partial charge >= 0.3 is 19.2 Å². The summed E-state index contributed by atoms with van der Waals surface area (Å²) >= 11 is 0. The van der Waals surface area contributed by atoms with Gasteiger partial charge in [0.15, 0.2) is 0 Å². The molecule has 3 heterocycles. The first kappa shape index (κ1) is 21.8. The summed E-state index contributed by atoms with van der Waals surface area (Å²) in [4.78, 5) is 22.7. The highest BCUT2D eigenvalue weighted by molar-refractivity contribution is 6.62. The van der Waals surface area contributed by atoms with E-state index in [1.54, 1.807) is 11.1 Å². The minimum Gasteiger partial charge on any atom is -0.458 e. The number of aryl methyl sites for hydroxylation is 1. The molecule has 3 rings (SSSR count). The van der Waals surface area contributed by atoms with Crippen molar-refractivity contribution >= 4 is 18.7 Å². The van der Waals surface area contributed by atoms with Crippen molar-refractivity contribution in [3.05, 3.63) is 11.9 Å². The second-order valence-electron chi connectivity index (χ2n) is 9.74. The molecule has 0 aromatic carbocycles. The third kappa shape index (κ3) is 4.83. The van der Waals surface area contributed by atoms with Gasteiger partial charge in [-0.15, -0.1) is 0 Å². The molecule has 2 fully saturated rings. The zero-order valence-electron chi connectivity index (χ0n) is 18.7. The lowest BCUT2D eigenvalue weighted by molar-refractivity contribution is 0.00578. The van der Waals surface area contributed by atoms with Gasteiger partial charge in [0.2, 0.25) is 0 Å². The van der Waals surface area contributed by atoms with Crippen molar-refractivity contribution in [1.29, 1.82) is 0 Å². The van der Waals surface area contributed by atoms with E-state index in [2.05, 4.69) is 9.97 Å². The number of carbonyl (C=O) groups is 1. The second-order valence-corrected chi connectivity index (χ2v) is 9.74. The van der Waals surface area contributed by atoms with Crippen LogP contribution in [0.1, 0.15) is 60.6 Å². The minimum atomic E-state index is -0.514. The highest BCUT2D eigenvalue weighted by atomic mass is 16.7. The van der Waals surface area contributed by atoms with E-state index in [4.69, 9.17) is 18.8 Å². The Morgan fingerprint density at radius 1 is 1.24 bits per heavy atom. The normalized spacial score (nSPS) is 23.4. The zero-order chi connectivity index (χ0) is 21.6. The summed E-state index contributed by atoms with van der Waals surface area (Å²) in [6, 6.07) is 0.291. The molecule has 160 valence electrons. The Balaban J connectivity index is 1.61.